The van der Waals surface area contributed by atoms with Gasteiger partial charge in [-0.1, -0.05) is 24.3 Å². The van der Waals surface area contributed by atoms with Crippen LogP contribution in [-0.4, -0.2) is 31.5 Å². The van der Waals surface area contributed by atoms with E-state index in [-0.39, 0.29) is 17.9 Å². The van der Waals surface area contributed by atoms with Gasteiger partial charge in [0.05, 0.1) is 18.6 Å². The van der Waals surface area contributed by atoms with E-state index >= 15 is 0 Å². The summed E-state index contributed by atoms with van der Waals surface area (Å²) in [5.41, 5.74) is 2.40. The third kappa shape index (κ3) is 2.61. The van der Waals surface area contributed by atoms with Crippen molar-refractivity contribution in [2.75, 3.05) is 19.6 Å². The Balaban J connectivity index is 1.95. The van der Waals surface area contributed by atoms with E-state index in [0.717, 1.165) is 12.0 Å². The molecule has 17 heavy (non-hydrogen) atoms. The lowest BCUT2D eigenvalue weighted by Crippen LogP contribution is -2.44. The minimum Gasteiger partial charge on any atom is -0.383 e. The number of rotatable bonds is 5. The Morgan fingerprint density at radius 3 is 3.00 bits per heavy atom. The molecule has 1 amide bonds. The largest absolute Gasteiger partial charge is 0.383 e. The summed E-state index contributed by atoms with van der Waals surface area (Å²) in [6.07, 6.45) is 0.823. The molecule has 0 saturated heterocycles. The number of hydrogen-bond donors (Lipinski definition) is 1. The summed E-state index contributed by atoms with van der Waals surface area (Å²) in [6.45, 7) is 0.448. The van der Waals surface area contributed by atoms with Gasteiger partial charge in [-0.15, -0.1) is 11.6 Å². The number of alkyl halides is 1. The second kappa shape index (κ2) is 5.52. The summed E-state index contributed by atoms with van der Waals surface area (Å²) in [6, 6.07) is 7.93. The van der Waals surface area contributed by atoms with Crippen molar-refractivity contribution in [2.45, 2.75) is 18.4 Å². The van der Waals surface area contributed by atoms with E-state index in [0.29, 0.717) is 12.5 Å². The van der Waals surface area contributed by atoms with Crippen LogP contribution in [-0.2, 0) is 16.0 Å². The van der Waals surface area contributed by atoms with Crippen LogP contribution in [0.5, 0.6) is 0 Å². The fraction of sp³-hybridized carbons (Fsp3) is 0.462. The van der Waals surface area contributed by atoms with Gasteiger partial charge in [-0.05, 0) is 17.5 Å². The third-order valence-corrected chi connectivity index (χ3v) is 3.44. The highest BCUT2D eigenvalue weighted by molar-refractivity contribution is 6.18. The first-order valence-corrected chi connectivity index (χ1v) is 6.22. The van der Waals surface area contributed by atoms with Crippen LogP contribution < -0.4 is 5.32 Å². The van der Waals surface area contributed by atoms with Crippen LogP contribution >= 0.6 is 11.6 Å². The Hall–Kier alpha value is -1.06. The molecular formula is C13H16ClNO2. The van der Waals surface area contributed by atoms with Crippen molar-refractivity contribution < 1.29 is 9.53 Å². The van der Waals surface area contributed by atoms with Crippen molar-refractivity contribution in [3.05, 3.63) is 35.4 Å². The second-order valence-electron chi connectivity index (χ2n) is 4.27. The highest BCUT2D eigenvalue weighted by atomic mass is 35.5. The van der Waals surface area contributed by atoms with Crippen LogP contribution in [0, 0.1) is 0 Å². The Labute approximate surface area is 106 Å². The zero-order valence-corrected chi connectivity index (χ0v) is 10.5. The van der Waals surface area contributed by atoms with Gasteiger partial charge >= 0.3 is 0 Å². The molecule has 1 N–H and O–H groups in total. The number of methoxy groups -OCH3 is 1. The second-order valence-corrected chi connectivity index (χ2v) is 4.58. The van der Waals surface area contributed by atoms with Gasteiger partial charge in [-0.3, -0.25) is 4.79 Å². The SMILES string of the molecule is COCC(CCl)NC(=O)C1Cc2ccccc21. The van der Waals surface area contributed by atoms with Crippen LogP contribution in [0.4, 0.5) is 0 Å². The predicted octanol–water partition coefficient (Wildman–Crippen LogP) is 1.70. The van der Waals surface area contributed by atoms with Crippen LogP contribution in [0.25, 0.3) is 0 Å². The van der Waals surface area contributed by atoms with Crippen molar-refractivity contribution in [3.63, 3.8) is 0 Å². The first-order valence-electron chi connectivity index (χ1n) is 5.69. The summed E-state index contributed by atoms with van der Waals surface area (Å²) in [7, 11) is 1.60. The zero-order valence-electron chi connectivity index (χ0n) is 9.78. The van der Waals surface area contributed by atoms with E-state index in [9.17, 15) is 4.79 Å². The van der Waals surface area contributed by atoms with E-state index in [1.807, 2.05) is 18.2 Å². The third-order valence-electron chi connectivity index (χ3n) is 3.07. The highest BCUT2D eigenvalue weighted by Crippen LogP contribution is 2.34. The molecule has 0 bridgehead atoms. The number of fused-ring (bicyclic) bond motifs is 1. The molecule has 0 saturated carbocycles. The molecule has 0 heterocycles. The van der Waals surface area contributed by atoms with Crippen LogP contribution in [0.1, 0.15) is 17.0 Å². The van der Waals surface area contributed by atoms with E-state index in [1.54, 1.807) is 7.11 Å². The van der Waals surface area contributed by atoms with E-state index in [2.05, 4.69) is 11.4 Å². The molecule has 1 aromatic rings. The molecule has 1 aromatic carbocycles. The molecule has 3 nitrogen and oxygen atoms in total. The lowest BCUT2D eigenvalue weighted by molar-refractivity contribution is -0.124. The topological polar surface area (TPSA) is 38.3 Å². The molecule has 1 aliphatic rings. The van der Waals surface area contributed by atoms with Gasteiger partial charge in [0.1, 0.15) is 0 Å². The molecule has 2 rings (SSSR count). The van der Waals surface area contributed by atoms with Crippen molar-refractivity contribution in [2.24, 2.45) is 0 Å². The Kier molecular flexibility index (Phi) is 4.02. The van der Waals surface area contributed by atoms with Crippen LogP contribution in [0.2, 0.25) is 0 Å². The predicted molar refractivity (Wildman–Crippen MR) is 67.4 cm³/mol. The highest BCUT2D eigenvalue weighted by Gasteiger charge is 2.32. The Morgan fingerprint density at radius 2 is 2.35 bits per heavy atom. The smallest absolute Gasteiger partial charge is 0.228 e. The van der Waals surface area contributed by atoms with Crippen molar-refractivity contribution in [1.82, 2.24) is 5.32 Å². The van der Waals surface area contributed by atoms with Crippen molar-refractivity contribution in [1.29, 1.82) is 0 Å². The molecule has 0 aliphatic heterocycles. The molecule has 1 aliphatic carbocycles. The monoisotopic (exact) mass is 253 g/mol. The van der Waals surface area contributed by atoms with Crippen molar-refractivity contribution >= 4 is 17.5 Å². The number of halogens is 1. The fourth-order valence-electron chi connectivity index (χ4n) is 2.12. The molecule has 2 atom stereocenters. The number of ether oxygens (including phenoxy) is 1. The number of benzene rings is 1. The lowest BCUT2D eigenvalue weighted by Gasteiger charge is -2.30. The molecule has 92 valence electrons. The summed E-state index contributed by atoms with van der Waals surface area (Å²) < 4.78 is 5.00. The molecular weight excluding hydrogens is 238 g/mol. The molecule has 0 spiro atoms. The normalized spacial score (nSPS) is 19.1. The minimum atomic E-state index is -0.109. The number of hydrogen-bond acceptors (Lipinski definition) is 2. The van der Waals surface area contributed by atoms with Gasteiger partial charge in [0.25, 0.3) is 0 Å². The molecule has 0 radical (unpaired) electrons. The van der Waals surface area contributed by atoms with Gasteiger partial charge in [0.2, 0.25) is 5.91 Å². The van der Waals surface area contributed by atoms with E-state index in [1.165, 1.54) is 5.56 Å². The zero-order chi connectivity index (χ0) is 12.3. The lowest BCUT2D eigenvalue weighted by atomic mass is 9.77. The molecule has 4 heteroatoms. The van der Waals surface area contributed by atoms with E-state index in [4.69, 9.17) is 16.3 Å². The first-order chi connectivity index (χ1) is 8.26. The Morgan fingerprint density at radius 1 is 1.59 bits per heavy atom. The number of carbonyl (C=O) groups excluding carboxylic acids is 1. The average molecular weight is 254 g/mol. The van der Waals surface area contributed by atoms with Crippen molar-refractivity contribution in [3.8, 4) is 0 Å². The van der Waals surface area contributed by atoms with E-state index < -0.39 is 0 Å². The van der Waals surface area contributed by atoms with Crippen LogP contribution in [0.15, 0.2) is 24.3 Å². The summed E-state index contributed by atoms with van der Waals surface area (Å²) in [5.74, 6) is 0.397. The maximum atomic E-state index is 12.0. The van der Waals surface area contributed by atoms with Gasteiger partial charge < -0.3 is 10.1 Å². The van der Waals surface area contributed by atoms with Gasteiger partial charge in [0, 0.05) is 13.0 Å². The van der Waals surface area contributed by atoms with Gasteiger partial charge in [0.15, 0.2) is 0 Å². The Bertz CT molecular complexity index is 408. The van der Waals surface area contributed by atoms with Gasteiger partial charge in [-0.25, -0.2) is 0 Å². The number of nitrogens with one attached hydrogen (secondary N) is 1. The molecule has 0 aromatic heterocycles. The quantitative estimate of drug-likeness (QED) is 0.812. The summed E-state index contributed by atoms with van der Waals surface area (Å²) in [4.78, 5) is 12.0. The summed E-state index contributed by atoms with van der Waals surface area (Å²) >= 11 is 5.76. The molecule has 0 fully saturated rings. The minimum absolute atomic E-state index is 0.0197. The fourth-order valence-corrected chi connectivity index (χ4v) is 2.29. The maximum absolute atomic E-state index is 12.0. The number of carbonyl (C=O) groups is 1. The maximum Gasteiger partial charge on any atom is 0.228 e. The average Bonchev–Trinajstić information content (AvgIpc) is 2.30. The van der Waals surface area contributed by atoms with Gasteiger partial charge in [-0.2, -0.15) is 0 Å². The molecule has 2 unspecified atom stereocenters. The van der Waals surface area contributed by atoms with Crippen LogP contribution in [0.3, 0.4) is 0 Å². The standard InChI is InChI=1S/C13H16ClNO2/c1-17-8-10(7-14)15-13(16)12-6-9-4-2-3-5-11(9)12/h2-5,10,12H,6-8H2,1H3,(H,15,16). The first kappa shape index (κ1) is 12.4. The summed E-state index contributed by atoms with van der Waals surface area (Å²) in [5, 5.41) is 2.91. The number of amides is 1.